The van der Waals surface area contributed by atoms with Crippen molar-refractivity contribution >= 4 is 16.5 Å². The summed E-state index contributed by atoms with van der Waals surface area (Å²) in [5.41, 5.74) is 2.36. The predicted molar refractivity (Wildman–Crippen MR) is 102 cm³/mol. The first kappa shape index (κ1) is 15.8. The minimum atomic E-state index is 0.0567. The van der Waals surface area contributed by atoms with Gasteiger partial charge in [-0.05, 0) is 60.2 Å². The Morgan fingerprint density at radius 2 is 1.76 bits per heavy atom. The van der Waals surface area contributed by atoms with E-state index < -0.39 is 0 Å². The molecular formula is C21H22N2O2. The summed E-state index contributed by atoms with van der Waals surface area (Å²) in [4.78, 5) is 15.2. The van der Waals surface area contributed by atoms with Gasteiger partial charge in [-0.15, -0.1) is 0 Å². The SMILES string of the molecule is COc1ccc(Cn2ccc3cc(N4CCCC4)ccc3c2=O)cc1. The summed E-state index contributed by atoms with van der Waals surface area (Å²) in [6.07, 6.45) is 4.39. The van der Waals surface area contributed by atoms with Crippen molar-refractivity contribution in [3.05, 3.63) is 70.6 Å². The van der Waals surface area contributed by atoms with Crippen LogP contribution < -0.4 is 15.2 Å². The zero-order valence-electron chi connectivity index (χ0n) is 14.4. The summed E-state index contributed by atoms with van der Waals surface area (Å²) in [6, 6.07) is 16.0. The van der Waals surface area contributed by atoms with Gasteiger partial charge >= 0.3 is 0 Å². The van der Waals surface area contributed by atoms with Gasteiger partial charge in [0.15, 0.2) is 0 Å². The summed E-state index contributed by atoms with van der Waals surface area (Å²) in [7, 11) is 1.65. The van der Waals surface area contributed by atoms with E-state index in [1.54, 1.807) is 11.7 Å². The molecule has 0 saturated carbocycles. The van der Waals surface area contributed by atoms with Gasteiger partial charge in [0.05, 0.1) is 13.7 Å². The van der Waals surface area contributed by atoms with E-state index in [9.17, 15) is 4.79 Å². The number of methoxy groups -OCH3 is 1. The average molecular weight is 334 g/mol. The number of anilines is 1. The van der Waals surface area contributed by atoms with E-state index in [1.165, 1.54) is 18.5 Å². The van der Waals surface area contributed by atoms with Gasteiger partial charge < -0.3 is 14.2 Å². The van der Waals surface area contributed by atoms with Gasteiger partial charge in [-0.3, -0.25) is 4.79 Å². The molecule has 1 fully saturated rings. The molecule has 0 aliphatic carbocycles. The molecule has 1 aliphatic heterocycles. The molecule has 1 aromatic heterocycles. The molecule has 2 heterocycles. The van der Waals surface area contributed by atoms with Crippen LogP contribution in [0.25, 0.3) is 10.8 Å². The largest absolute Gasteiger partial charge is 0.497 e. The molecular weight excluding hydrogens is 312 g/mol. The Morgan fingerprint density at radius 1 is 1.00 bits per heavy atom. The Bertz CT molecular complexity index is 938. The second kappa shape index (κ2) is 6.63. The first-order chi connectivity index (χ1) is 12.2. The van der Waals surface area contributed by atoms with E-state index in [2.05, 4.69) is 17.0 Å². The summed E-state index contributed by atoms with van der Waals surface area (Å²) in [6.45, 7) is 2.78. The van der Waals surface area contributed by atoms with Crippen LogP contribution >= 0.6 is 0 Å². The van der Waals surface area contributed by atoms with Crippen molar-refractivity contribution in [2.24, 2.45) is 0 Å². The summed E-state index contributed by atoms with van der Waals surface area (Å²) in [5, 5.41) is 1.79. The number of hydrogen-bond acceptors (Lipinski definition) is 3. The van der Waals surface area contributed by atoms with Crippen LogP contribution in [0.3, 0.4) is 0 Å². The van der Waals surface area contributed by atoms with Crippen molar-refractivity contribution in [1.82, 2.24) is 4.57 Å². The molecule has 1 saturated heterocycles. The van der Waals surface area contributed by atoms with Gasteiger partial charge in [0.25, 0.3) is 5.56 Å². The zero-order chi connectivity index (χ0) is 17.2. The van der Waals surface area contributed by atoms with E-state index in [-0.39, 0.29) is 5.56 Å². The van der Waals surface area contributed by atoms with Crippen LogP contribution in [-0.4, -0.2) is 24.8 Å². The predicted octanol–water partition coefficient (Wildman–Crippen LogP) is 3.66. The van der Waals surface area contributed by atoms with E-state index >= 15 is 0 Å². The van der Waals surface area contributed by atoms with Crippen molar-refractivity contribution in [2.75, 3.05) is 25.1 Å². The van der Waals surface area contributed by atoms with E-state index in [0.29, 0.717) is 6.54 Å². The van der Waals surface area contributed by atoms with Crippen LogP contribution in [0, 0.1) is 0 Å². The number of pyridine rings is 1. The molecule has 0 N–H and O–H groups in total. The topological polar surface area (TPSA) is 34.5 Å². The lowest BCUT2D eigenvalue weighted by Crippen LogP contribution is -2.21. The molecule has 4 rings (SSSR count). The molecule has 128 valence electrons. The monoisotopic (exact) mass is 334 g/mol. The van der Waals surface area contributed by atoms with Crippen molar-refractivity contribution in [2.45, 2.75) is 19.4 Å². The standard InChI is InChI=1S/C21H22N2O2/c1-25-19-7-4-16(5-8-19)15-23-13-10-17-14-18(22-11-2-3-12-22)6-9-20(17)21(23)24/h4-10,13-14H,2-3,11-12,15H2,1H3. The van der Waals surface area contributed by atoms with E-state index in [0.717, 1.165) is 35.2 Å². The Balaban J connectivity index is 1.65. The fourth-order valence-corrected chi connectivity index (χ4v) is 3.50. The van der Waals surface area contributed by atoms with Crippen molar-refractivity contribution in [3.63, 3.8) is 0 Å². The Kier molecular flexibility index (Phi) is 4.18. The van der Waals surface area contributed by atoms with Crippen molar-refractivity contribution in [1.29, 1.82) is 0 Å². The minimum absolute atomic E-state index is 0.0567. The lowest BCUT2D eigenvalue weighted by Gasteiger charge is -2.18. The first-order valence-corrected chi connectivity index (χ1v) is 8.76. The van der Waals surface area contributed by atoms with Gasteiger partial charge in [-0.2, -0.15) is 0 Å². The van der Waals surface area contributed by atoms with Crippen LogP contribution in [0.4, 0.5) is 5.69 Å². The van der Waals surface area contributed by atoms with Gasteiger partial charge in [0.1, 0.15) is 5.75 Å². The molecule has 2 aromatic carbocycles. The van der Waals surface area contributed by atoms with Crippen molar-refractivity contribution < 1.29 is 4.74 Å². The molecule has 4 nitrogen and oxygen atoms in total. The minimum Gasteiger partial charge on any atom is -0.497 e. The van der Waals surface area contributed by atoms with Gasteiger partial charge in [-0.1, -0.05) is 12.1 Å². The number of ether oxygens (including phenoxy) is 1. The fourth-order valence-electron chi connectivity index (χ4n) is 3.50. The molecule has 0 amide bonds. The highest BCUT2D eigenvalue weighted by molar-refractivity contribution is 5.85. The number of fused-ring (bicyclic) bond motifs is 1. The van der Waals surface area contributed by atoms with Crippen LogP contribution in [0.1, 0.15) is 18.4 Å². The van der Waals surface area contributed by atoms with Crippen LogP contribution in [0.5, 0.6) is 5.75 Å². The number of nitrogens with zero attached hydrogens (tertiary/aromatic N) is 2. The number of hydrogen-bond donors (Lipinski definition) is 0. The Morgan fingerprint density at radius 3 is 2.48 bits per heavy atom. The van der Waals surface area contributed by atoms with Gasteiger partial charge in [0, 0.05) is 30.4 Å². The third kappa shape index (κ3) is 3.12. The number of benzene rings is 2. The zero-order valence-corrected chi connectivity index (χ0v) is 14.4. The fraction of sp³-hybridized carbons (Fsp3) is 0.286. The molecule has 0 radical (unpaired) electrons. The maximum atomic E-state index is 12.8. The molecule has 3 aromatic rings. The Labute approximate surface area is 147 Å². The maximum Gasteiger partial charge on any atom is 0.258 e. The quantitative estimate of drug-likeness (QED) is 0.730. The molecule has 4 heteroatoms. The molecule has 0 spiro atoms. The normalized spacial score (nSPS) is 14.2. The van der Waals surface area contributed by atoms with Crippen LogP contribution in [-0.2, 0) is 6.54 Å². The van der Waals surface area contributed by atoms with Gasteiger partial charge in [-0.25, -0.2) is 0 Å². The highest BCUT2D eigenvalue weighted by Gasteiger charge is 2.13. The smallest absolute Gasteiger partial charge is 0.258 e. The van der Waals surface area contributed by atoms with Gasteiger partial charge in [0.2, 0.25) is 0 Å². The average Bonchev–Trinajstić information content (AvgIpc) is 3.19. The highest BCUT2D eigenvalue weighted by Crippen LogP contribution is 2.23. The van der Waals surface area contributed by atoms with Crippen LogP contribution in [0.2, 0.25) is 0 Å². The first-order valence-electron chi connectivity index (χ1n) is 8.76. The van der Waals surface area contributed by atoms with Crippen LogP contribution in [0.15, 0.2) is 59.5 Å². The summed E-state index contributed by atoms with van der Waals surface area (Å²) >= 11 is 0. The third-order valence-corrected chi connectivity index (χ3v) is 4.94. The Hall–Kier alpha value is -2.75. The highest BCUT2D eigenvalue weighted by atomic mass is 16.5. The molecule has 0 bridgehead atoms. The summed E-state index contributed by atoms with van der Waals surface area (Å²) in [5.74, 6) is 0.823. The number of aromatic nitrogens is 1. The third-order valence-electron chi connectivity index (χ3n) is 4.94. The maximum absolute atomic E-state index is 12.8. The van der Waals surface area contributed by atoms with Crippen molar-refractivity contribution in [3.8, 4) is 5.75 Å². The lowest BCUT2D eigenvalue weighted by atomic mass is 10.1. The van der Waals surface area contributed by atoms with E-state index in [1.807, 2.05) is 42.6 Å². The lowest BCUT2D eigenvalue weighted by molar-refractivity contribution is 0.414. The number of rotatable bonds is 4. The second-order valence-corrected chi connectivity index (χ2v) is 6.56. The summed E-state index contributed by atoms with van der Waals surface area (Å²) < 4.78 is 6.95. The molecule has 1 aliphatic rings. The molecule has 25 heavy (non-hydrogen) atoms. The second-order valence-electron chi connectivity index (χ2n) is 6.56. The molecule has 0 atom stereocenters. The van der Waals surface area contributed by atoms with E-state index in [4.69, 9.17) is 4.74 Å². The molecule has 0 unspecified atom stereocenters.